The van der Waals surface area contributed by atoms with Crippen molar-refractivity contribution in [2.24, 2.45) is 0 Å². The van der Waals surface area contributed by atoms with E-state index in [1.54, 1.807) is 6.07 Å². The molecule has 0 radical (unpaired) electrons. The number of hydrogen-bond donors (Lipinski definition) is 1. The molecule has 2 rings (SSSR count). The predicted molar refractivity (Wildman–Crippen MR) is 74.8 cm³/mol. The first-order chi connectivity index (χ1) is 9.63. The molecule has 5 nitrogen and oxygen atoms in total. The van der Waals surface area contributed by atoms with Crippen molar-refractivity contribution >= 4 is 11.9 Å². The van der Waals surface area contributed by atoms with Crippen molar-refractivity contribution in [1.82, 2.24) is 9.88 Å². The molecule has 0 bridgehead atoms. The van der Waals surface area contributed by atoms with Gasteiger partial charge in [0.05, 0.1) is 0 Å². The highest BCUT2D eigenvalue weighted by Crippen LogP contribution is 2.23. The van der Waals surface area contributed by atoms with Crippen LogP contribution in [0.15, 0.2) is 18.3 Å². The van der Waals surface area contributed by atoms with E-state index in [-0.39, 0.29) is 17.6 Å². The Morgan fingerprint density at radius 1 is 1.45 bits per heavy atom. The Morgan fingerprint density at radius 3 is 2.95 bits per heavy atom. The number of carbonyl (C=O) groups is 2. The monoisotopic (exact) mass is 276 g/mol. The molecular weight excluding hydrogens is 256 g/mol. The van der Waals surface area contributed by atoms with Crippen molar-refractivity contribution in [3.63, 3.8) is 0 Å². The topological polar surface area (TPSA) is 70.5 Å². The third-order valence-electron chi connectivity index (χ3n) is 3.74. The van der Waals surface area contributed by atoms with Crippen molar-refractivity contribution in [3.05, 3.63) is 29.6 Å². The summed E-state index contributed by atoms with van der Waals surface area (Å²) in [6.45, 7) is 2.88. The van der Waals surface area contributed by atoms with Gasteiger partial charge in [0.1, 0.15) is 5.69 Å². The highest BCUT2D eigenvalue weighted by molar-refractivity contribution is 5.96. The van der Waals surface area contributed by atoms with E-state index in [1.165, 1.54) is 12.3 Å². The minimum Gasteiger partial charge on any atom is -0.477 e. The zero-order valence-electron chi connectivity index (χ0n) is 11.7. The minimum atomic E-state index is -1.11. The number of pyridine rings is 1. The lowest BCUT2D eigenvalue weighted by Crippen LogP contribution is -2.43. The number of piperidine rings is 1. The molecule has 0 saturated carbocycles. The van der Waals surface area contributed by atoms with Gasteiger partial charge in [-0.2, -0.15) is 0 Å². The van der Waals surface area contributed by atoms with E-state index in [4.69, 9.17) is 5.11 Å². The van der Waals surface area contributed by atoms with Crippen LogP contribution in [0.3, 0.4) is 0 Å². The molecule has 1 N–H and O–H groups in total. The minimum absolute atomic E-state index is 0.0759. The van der Waals surface area contributed by atoms with E-state index < -0.39 is 5.97 Å². The summed E-state index contributed by atoms with van der Waals surface area (Å²) in [5.74, 6) is -1.18. The molecule has 1 aromatic heterocycles. The van der Waals surface area contributed by atoms with Gasteiger partial charge in [-0.15, -0.1) is 0 Å². The lowest BCUT2D eigenvalue weighted by Gasteiger charge is -2.35. The lowest BCUT2D eigenvalue weighted by molar-refractivity contribution is 0.0600. The van der Waals surface area contributed by atoms with Crippen LogP contribution in [-0.4, -0.2) is 39.5 Å². The summed E-state index contributed by atoms with van der Waals surface area (Å²) < 4.78 is 0. The molecular formula is C15H20N2O3. The number of carboxylic acids is 1. The second kappa shape index (κ2) is 6.50. The van der Waals surface area contributed by atoms with Crippen molar-refractivity contribution in [2.45, 2.75) is 45.1 Å². The van der Waals surface area contributed by atoms with Crippen LogP contribution >= 0.6 is 0 Å². The zero-order chi connectivity index (χ0) is 14.5. The number of likely N-dealkylation sites (tertiary alicyclic amines) is 1. The van der Waals surface area contributed by atoms with Crippen molar-refractivity contribution in [2.75, 3.05) is 6.54 Å². The van der Waals surface area contributed by atoms with E-state index in [9.17, 15) is 9.59 Å². The Morgan fingerprint density at radius 2 is 2.25 bits per heavy atom. The van der Waals surface area contributed by atoms with Crippen LogP contribution < -0.4 is 0 Å². The molecule has 1 amide bonds. The first-order valence-corrected chi connectivity index (χ1v) is 7.13. The molecule has 1 aromatic rings. The summed E-state index contributed by atoms with van der Waals surface area (Å²) in [6, 6.07) is 3.23. The van der Waals surface area contributed by atoms with E-state index in [1.807, 2.05) is 4.90 Å². The molecule has 1 saturated heterocycles. The van der Waals surface area contributed by atoms with Gasteiger partial charge in [0.15, 0.2) is 0 Å². The number of carbonyl (C=O) groups excluding carboxylic acids is 1. The molecule has 1 atom stereocenters. The molecule has 1 aliphatic heterocycles. The van der Waals surface area contributed by atoms with Crippen LogP contribution in [0, 0.1) is 0 Å². The maximum Gasteiger partial charge on any atom is 0.354 e. The van der Waals surface area contributed by atoms with Crippen molar-refractivity contribution in [3.8, 4) is 0 Å². The van der Waals surface area contributed by atoms with Gasteiger partial charge in [-0.1, -0.05) is 13.3 Å². The maximum absolute atomic E-state index is 12.6. The van der Waals surface area contributed by atoms with Gasteiger partial charge in [0.25, 0.3) is 5.91 Å². The Labute approximate surface area is 118 Å². The molecule has 20 heavy (non-hydrogen) atoms. The second-order valence-electron chi connectivity index (χ2n) is 5.17. The normalized spacial score (nSPS) is 18.9. The fourth-order valence-electron chi connectivity index (χ4n) is 2.75. The number of aromatic nitrogens is 1. The summed E-state index contributed by atoms with van der Waals surface area (Å²) in [5.41, 5.74) is 0.334. The van der Waals surface area contributed by atoms with E-state index >= 15 is 0 Å². The van der Waals surface area contributed by atoms with Gasteiger partial charge in [-0.25, -0.2) is 9.78 Å². The van der Waals surface area contributed by atoms with Crippen LogP contribution in [0.25, 0.3) is 0 Å². The van der Waals surface area contributed by atoms with Gasteiger partial charge >= 0.3 is 5.97 Å². The fraction of sp³-hybridized carbons (Fsp3) is 0.533. The summed E-state index contributed by atoms with van der Waals surface area (Å²) in [5, 5.41) is 8.95. The molecule has 1 fully saturated rings. The third-order valence-corrected chi connectivity index (χ3v) is 3.74. The fourth-order valence-corrected chi connectivity index (χ4v) is 2.75. The van der Waals surface area contributed by atoms with Crippen LogP contribution in [0.2, 0.25) is 0 Å². The van der Waals surface area contributed by atoms with Gasteiger partial charge in [0.2, 0.25) is 0 Å². The first kappa shape index (κ1) is 14.5. The summed E-state index contributed by atoms with van der Waals surface area (Å²) >= 11 is 0. The second-order valence-corrected chi connectivity index (χ2v) is 5.17. The molecule has 1 aliphatic rings. The number of carboxylic acid groups (broad SMARTS) is 1. The van der Waals surface area contributed by atoms with E-state index in [0.29, 0.717) is 5.56 Å². The highest BCUT2D eigenvalue weighted by Gasteiger charge is 2.27. The quantitative estimate of drug-likeness (QED) is 0.917. The van der Waals surface area contributed by atoms with Gasteiger partial charge in [-0.3, -0.25) is 4.79 Å². The Bertz CT molecular complexity index is 500. The van der Waals surface area contributed by atoms with Crippen molar-refractivity contribution < 1.29 is 14.7 Å². The molecule has 1 unspecified atom stereocenters. The molecule has 2 heterocycles. The number of rotatable bonds is 4. The van der Waals surface area contributed by atoms with Gasteiger partial charge in [-0.05, 0) is 37.8 Å². The van der Waals surface area contributed by atoms with Crippen LogP contribution in [0.4, 0.5) is 0 Å². The molecule has 0 aliphatic carbocycles. The van der Waals surface area contributed by atoms with Crippen LogP contribution in [0.5, 0.6) is 0 Å². The number of aromatic carboxylic acids is 1. The summed E-state index contributed by atoms with van der Waals surface area (Å²) in [6.07, 6.45) is 6.65. The molecule has 0 spiro atoms. The van der Waals surface area contributed by atoms with E-state index in [0.717, 1.165) is 38.6 Å². The van der Waals surface area contributed by atoms with Crippen LogP contribution in [-0.2, 0) is 0 Å². The smallest absolute Gasteiger partial charge is 0.354 e. The number of hydrogen-bond acceptors (Lipinski definition) is 3. The summed E-state index contributed by atoms with van der Waals surface area (Å²) in [4.78, 5) is 29.1. The average Bonchev–Trinajstić information content (AvgIpc) is 2.47. The molecule has 5 heteroatoms. The Kier molecular flexibility index (Phi) is 4.71. The van der Waals surface area contributed by atoms with E-state index in [2.05, 4.69) is 11.9 Å². The molecule has 108 valence electrons. The maximum atomic E-state index is 12.6. The average molecular weight is 276 g/mol. The standard InChI is InChI=1S/C15H20N2O3/c1-2-5-12-6-3-4-9-17(12)14(18)11-7-8-16-13(10-11)15(19)20/h7-8,10,12H,2-6,9H2,1H3,(H,19,20). The van der Waals surface area contributed by atoms with Gasteiger partial charge in [0, 0.05) is 24.3 Å². The third kappa shape index (κ3) is 3.15. The highest BCUT2D eigenvalue weighted by atomic mass is 16.4. The van der Waals surface area contributed by atoms with Crippen molar-refractivity contribution in [1.29, 1.82) is 0 Å². The Hall–Kier alpha value is -1.91. The lowest BCUT2D eigenvalue weighted by atomic mass is 9.97. The summed E-state index contributed by atoms with van der Waals surface area (Å²) in [7, 11) is 0. The zero-order valence-corrected chi connectivity index (χ0v) is 11.7. The predicted octanol–water partition coefficient (Wildman–Crippen LogP) is 2.57. The van der Waals surface area contributed by atoms with Gasteiger partial charge < -0.3 is 10.0 Å². The number of nitrogens with zero attached hydrogens (tertiary/aromatic N) is 2. The largest absolute Gasteiger partial charge is 0.477 e. The van der Waals surface area contributed by atoms with Crippen LogP contribution in [0.1, 0.15) is 59.9 Å². The SMILES string of the molecule is CCCC1CCCCN1C(=O)c1ccnc(C(=O)O)c1. The first-order valence-electron chi connectivity index (χ1n) is 7.13. The Balaban J connectivity index is 2.20. The number of amides is 1. The molecule has 0 aromatic carbocycles.